The number of guanidine groups is 1. The van der Waals surface area contributed by atoms with E-state index in [1.54, 1.807) is 21.3 Å². The zero-order valence-corrected chi connectivity index (χ0v) is 20.7. The van der Waals surface area contributed by atoms with Gasteiger partial charge in [0.2, 0.25) is 0 Å². The molecular formula is C22H33IN4O3. The Hall–Kier alpha value is -2.20. The van der Waals surface area contributed by atoms with Crippen LogP contribution in [0, 0.1) is 0 Å². The largest absolute Gasteiger partial charge is 0.494 e. The van der Waals surface area contributed by atoms with Gasteiger partial charge in [0.05, 0.1) is 20.8 Å². The van der Waals surface area contributed by atoms with Gasteiger partial charge < -0.3 is 29.7 Å². The van der Waals surface area contributed by atoms with Crippen molar-refractivity contribution in [3.63, 3.8) is 0 Å². The monoisotopic (exact) mass is 528 g/mol. The number of methoxy groups -OCH3 is 2. The molecule has 2 aromatic rings. The second-order valence-electron chi connectivity index (χ2n) is 6.77. The highest BCUT2D eigenvalue weighted by Crippen LogP contribution is 2.29. The van der Waals surface area contributed by atoms with Crippen molar-refractivity contribution in [2.75, 3.05) is 53.8 Å². The lowest BCUT2D eigenvalue weighted by atomic mass is 10.2. The van der Waals surface area contributed by atoms with Crippen LogP contribution in [0.2, 0.25) is 0 Å². The smallest absolute Gasteiger partial charge is 0.195 e. The van der Waals surface area contributed by atoms with Gasteiger partial charge in [-0.3, -0.25) is 4.99 Å². The Morgan fingerprint density at radius 2 is 1.70 bits per heavy atom. The first-order valence-corrected chi connectivity index (χ1v) is 9.62. The predicted molar refractivity (Wildman–Crippen MR) is 134 cm³/mol. The lowest BCUT2D eigenvalue weighted by molar-refractivity contribution is 0.281. The van der Waals surface area contributed by atoms with E-state index in [0.29, 0.717) is 24.0 Å². The number of aliphatic imine (C=N–C) groups is 1. The van der Waals surface area contributed by atoms with Crippen LogP contribution in [0.3, 0.4) is 0 Å². The number of halogens is 1. The molecule has 0 atom stereocenters. The average Bonchev–Trinajstić information content (AvgIpc) is 2.74. The van der Waals surface area contributed by atoms with E-state index in [9.17, 15) is 0 Å². The van der Waals surface area contributed by atoms with Crippen LogP contribution >= 0.6 is 24.0 Å². The van der Waals surface area contributed by atoms with Crippen LogP contribution < -0.4 is 24.8 Å². The Morgan fingerprint density at radius 3 is 2.30 bits per heavy atom. The molecule has 0 aliphatic rings. The Morgan fingerprint density at radius 1 is 1.00 bits per heavy atom. The number of hydrogen-bond donors (Lipinski definition) is 2. The summed E-state index contributed by atoms with van der Waals surface area (Å²) < 4.78 is 16.4. The third kappa shape index (κ3) is 8.66. The van der Waals surface area contributed by atoms with Crippen molar-refractivity contribution in [1.29, 1.82) is 0 Å². The highest BCUT2D eigenvalue weighted by atomic mass is 127. The van der Waals surface area contributed by atoms with Crippen LogP contribution in [0.4, 0.5) is 5.69 Å². The molecule has 8 heteroatoms. The third-order valence-corrected chi connectivity index (χ3v) is 4.27. The average molecular weight is 528 g/mol. The predicted octanol–water partition coefficient (Wildman–Crippen LogP) is 3.84. The van der Waals surface area contributed by atoms with Crippen LogP contribution in [0.15, 0.2) is 47.5 Å². The van der Waals surface area contributed by atoms with Crippen LogP contribution in [0.1, 0.15) is 12.0 Å². The van der Waals surface area contributed by atoms with E-state index in [0.717, 1.165) is 36.6 Å². The van der Waals surface area contributed by atoms with E-state index < -0.39 is 0 Å². The molecule has 0 fully saturated rings. The molecule has 0 aliphatic heterocycles. The summed E-state index contributed by atoms with van der Waals surface area (Å²) in [7, 11) is 9.10. The molecular weight excluding hydrogens is 495 g/mol. The number of hydrogen-bond acceptors (Lipinski definition) is 5. The molecule has 0 spiro atoms. The number of nitrogens with one attached hydrogen (secondary N) is 2. The van der Waals surface area contributed by atoms with Gasteiger partial charge in [-0.1, -0.05) is 12.1 Å². The summed E-state index contributed by atoms with van der Waals surface area (Å²) in [5.41, 5.74) is 2.00. The number of benzene rings is 2. The van der Waals surface area contributed by atoms with Crippen molar-refractivity contribution in [3.8, 4) is 17.2 Å². The molecule has 0 radical (unpaired) electrons. The topological polar surface area (TPSA) is 67.4 Å². The maximum absolute atomic E-state index is 5.77. The summed E-state index contributed by atoms with van der Waals surface area (Å²) in [6, 6.07) is 13.7. The van der Waals surface area contributed by atoms with Crippen molar-refractivity contribution in [1.82, 2.24) is 10.2 Å². The molecule has 0 aliphatic carbocycles. The van der Waals surface area contributed by atoms with Crippen molar-refractivity contribution < 1.29 is 14.2 Å². The van der Waals surface area contributed by atoms with Crippen LogP contribution in [-0.4, -0.2) is 59.4 Å². The number of nitrogens with zero attached hydrogens (tertiary/aromatic N) is 2. The zero-order chi connectivity index (χ0) is 21.1. The zero-order valence-electron chi connectivity index (χ0n) is 18.4. The Kier molecular flexibility index (Phi) is 12.0. The van der Waals surface area contributed by atoms with E-state index in [-0.39, 0.29) is 24.0 Å². The highest BCUT2D eigenvalue weighted by Gasteiger charge is 2.06. The van der Waals surface area contributed by atoms with Gasteiger partial charge in [-0.2, -0.15) is 0 Å². The minimum absolute atomic E-state index is 0. The van der Waals surface area contributed by atoms with Gasteiger partial charge in [0.25, 0.3) is 0 Å². The summed E-state index contributed by atoms with van der Waals surface area (Å²) >= 11 is 0. The number of anilines is 1. The maximum atomic E-state index is 5.77. The van der Waals surface area contributed by atoms with E-state index in [4.69, 9.17) is 14.2 Å². The van der Waals surface area contributed by atoms with E-state index in [2.05, 4.69) is 46.8 Å². The summed E-state index contributed by atoms with van der Waals surface area (Å²) in [5, 5.41) is 6.56. The Balaban J connectivity index is 0.00000450. The Labute approximate surface area is 196 Å². The minimum atomic E-state index is 0. The third-order valence-electron chi connectivity index (χ3n) is 4.27. The molecule has 0 saturated heterocycles. The fourth-order valence-electron chi connectivity index (χ4n) is 2.69. The first kappa shape index (κ1) is 25.8. The van der Waals surface area contributed by atoms with Crippen molar-refractivity contribution in [3.05, 3.63) is 48.0 Å². The summed E-state index contributed by atoms with van der Waals surface area (Å²) in [6.07, 6.45) is 1.01. The standard InChI is InChI=1S/C22H32N4O3.HI/c1-23-22(25-18-9-12-20(27-4)21(15-18)28-5)24-16-17-7-10-19(11-8-17)29-14-6-13-26(2)3;/h7-12,15H,6,13-14,16H2,1-5H3,(H2,23,24,25);1H. The molecule has 0 heterocycles. The lowest BCUT2D eigenvalue weighted by Crippen LogP contribution is -2.30. The molecule has 30 heavy (non-hydrogen) atoms. The summed E-state index contributed by atoms with van der Waals surface area (Å²) in [4.78, 5) is 6.43. The molecule has 7 nitrogen and oxygen atoms in total. The van der Waals surface area contributed by atoms with Gasteiger partial charge in [0.1, 0.15) is 5.75 Å². The van der Waals surface area contributed by atoms with E-state index in [1.807, 2.05) is 30.3 Å². The number of ether oxygens (including phenoxy) is 3. The normalized spacial score (nSPS) is 10.9. The molecule has 166 valence electrons. The van der Waals surface area contributed by atoms with Crippen molar-refractivity contribution in [2.45, 2.75) is 13.0 Å². The molecule has 2 aromatic carbocycles. The lowest BCUT2D eigenvalue weighted by Gasteiger charge is -2.14. The fraction of sp³-hybridized carbons (Fsp3) is 0.409. The van der Waals surface area contributed by atoms with Gasteiger partial charge in [-0.05, 0) is 50.3 Å². The first-order valence-electron chi connectivity index (χ1n) is 9.62. The van der Waals surface area contributed by atoms with Crippen LogP contribution in [0.25, 0.3) is 0 Å². The van der Waals surface area contributed by atoms with Crippen molar-refractivity contribution >= 4 is 35.6 Å². The molecule has 0 unspecified atom stereocenters. The fourth-order valence-corrected chi connectivity index (χ4v) is 2.69. The van der Waals surface area contributed by atoms with Gasteiger partial charge in [-0.25, -0.2) is 0 Å². The quantitative estimate of drug-likeness (QED) is 0.212. The van der Waals surface area contributed by atoms with E-state index in [1.165, 1.54) is 0 Å². The van der Waals surface area contributed by atoms with Gasteiger partial charge in [0, 0.05) is 31.9 Å². The summed E-state index contributed by atoms with van der Waals surface area (Å²) in [5.74, 6) is 2.90. The minimum Gasteiger partial charge on any atom is -0.494 e. The molecule has 0 aromatic heterocycles. The molecule has 0 saturated carbocycles. The highest BCUT2D eigenvalue weighted by molar-refractivity contribution is 14.0. The van der Waals surface area contributed by atoms with Crippen molar-refractivity contribution in [2.24, 2.45) is 4.99 Å². The number of rotatable bonds is 10. The SMILES string of the molecule is CN=C(NCc1ccc(OCCCN(C)C)cc1)Nc1ccc(OC)c(OC)c1.I. The second kappa shape index (κ2) is 13.9. The second-order valence-corrected chi connectivity index (χ2v) is 6.77. The summed E-state index contributed by atoms with van der Waals surface area (Å²) in [6.45, 7) is 2.39. The van der Waals surface area contributed by atoms with Gasteiger partial charge >= 0.3 is 0 Å². The van der Waals surface area contributed by atoms with Crippen LogP contribution in [-0.2, 0) is 6.54 Å². The van der Waals surface area contributed by atoms with E-state index >= 15 is 0 Å². The maximum Gasteiger partial charge on any atom is 0.195 e. The van der Waals surface area contributed by atoms with Crippen LogP contribution in [0.5, 0.6) is 17.2 Å². The Bertz CT molecular complexity index is 782. The molecule has 2 N–H and O–H groups in total. The van der Waals surface area contributed by atoms with Gasteiger partial charge in [0.15, 0.2) is 17.5 Å². The van der Waals surface area contributed by atoms with Gasteiger partial charge in [-0.15, -0.1) is 24.0 Å². The molecule has 2 rings (SSSR count). The molecule has 0 bridgehead atoms. The molecule has 0 amide bonds. The first-order chi connectivity index (χ1) is 14.0.